The molecule has 0 radical (unpaired) electrons. The number of hydrogen-bond acceptors (Lipinski definition) is 3. The third-order valence-corrected chi connectivity index (χ3v) is 5.32. The molecule has 1 unspecified atom stereocenters. The maximum Gasteiger partial charge on any atom is 0.229 e. The van der Waals surface area contributed by atoms with E-state index in [1.54, 1.807) is 0 Å². The molecule has 2 aliphatic heterocycles. The molecule has 0 aromatic carbocycles. The average molecular weight is 253 g/mol. The third-order valence-electron chi connectivity index (χ3n) is 5.32. The minimum absolute atomic E-state index is 0.127. The van der Waals surface area contributed by atoms with E-state index in [4.69, 9.17) is 4.74 Å². The lowest BCUT2D eigenvalue weighted by molar-refractivity contribution is -0.139. The van der Waals surface area contributed by atoms with Gasteiger partial charge in [-0.15, -0.1) is 0 Å². The number of amides is 1. The van der Waals surface area contributed by atoms with E-state index in [0.29, 0.717) is 12.3 Å². The summed E-state index contributed by atoms with van der Waals surface area (Å²) in [6.07, 6.45) is 5.87. The molecule has 1 spiro atoms. The first-order valence-electron chi connectivity index (χ1n) is 7.22. The molecular weight excluding hydrogens is 230 g/mol. The number of ether oxygens (including phenoxy) is 1. The van der Waals surface area contributed by atoms with E-state index in [2.05, 4.69) is 0 Å². The first kappa shape index (κ1) is 12.4. The second kappa shape index (κ2) is 4.49. The van der Waals surface area contributed by atoms with Crippen molar-refractivity contribution in [2.75, 3.05) is 32.9 Å². The van der Waals surface area contributed by atoms with Crippen LogP contribution >= 0.6 is 0 Å². The molecule has 1 aliphatic carbocycles. The van der Waals surface area contributed by atoms with Crippen LogP contribution < -0.4 is 0 Å². The van der Waals surface area contributed by atoms with Gasteiger partial charge in [0.1, 0.15) is 0 Å². The van der Waals surface area contributed by atoms with Crippen LogP contribution in [0.3, 0.4) is 0 Å². The minimum Gasteiger partial charge on any atom is -0.396 e. The van der Waals surface area contributed by atoms with E-state index in [1.807, 2.05) is 4.90 Å². The summed E-state index contributed by atoms with van der Waals surface area (Å²) in [5.41, 5.74) is -0.108. The van der Waals surface area contributed by atoms with Crippen LogP contribution in [0.2, 0.25) is 0 Å². The second-order valence-corrected chi connectivity index (χ2v) is 6.12. The molecule has 102 valence electrons. The lowest BCUT2D eigenvalue weighted by atomic mass is 9.83. The van der Waals surface area contributed by atoms with Crippen LogP contribution in [0.15, 0.2) is 0 Å². The van der Waals surface area contributed by atoms with Gasteiger partial charge in [0, 0.05) is 32.9 Å². The highest BCUT2D eigenvalue weighted by molar-refractivity contribution is 5.87. The van der Waals surface area contributed by atoms with E-state index in [0.717, 1.165) is 58.4 Å². The normalized spacial score (nSPS) is 33.9. The van der Waals surface area contributed by atoms with Crippen molar-refractivity contribution in [3.05, 3.63) is 0 Å². The first-order valence-corrected chi connectivity index (χ1v) is 7.22. The van der Waals surface area contributed by atoms with Gasteiger partial charge in [-0.3, -0.25) is 4.79 Å². The van der Waals surface area contributed by atoms with Gasteiger partial charge in [-0.25, -0.2) is 0 Å². The van der Waals surface area contributed by atoms with Gasteiger partial charge in [-0.05, 0) is 43.9 Å². The Morgan fingerprint density at radius 1 is 1.22 bits per heavy atom. The Kier molecular flexibility index (Phi) is 3.10. The smallest absolute Gasteiger partial charge is 0.229 e. The topological polar surface area (TPSA) is 49.8 Å². The standard InChI is InChI=1S/C14H23NO3/c16-8-3-14(12(17)15-6-1-2-7-15)11-13(14)4-9-18-10-5-13/h16H,1-11H2. The Bertz CT molecular complexity index is 332. The number of hydrogen-bond donors (Lipinski definition) is 1. The summed E-state index contributed by atoms with van der Waals surface area (Å²) >= 11 is 0. The number of likely N-dealkylation sites (tertiary alicyclic amines) is 1. The van der Waals surface area contributed by atoms with Crippen molar-refractivity contribution in [3.8, 4) is 0 Å². The fourth-order valence-electron chi connectivity index (χ4n) is 4.13. The van der Waals surface area contributed by atoms with Crippen molar-refractivity contribution in [2.45, 2.75) is 38.5 Å². The van der Waals surface area contributed by atoms with E-state index >= 15 is 0 Å². The van der Waals surface area contributed by atoms with Gasteiger partial charge in [0.25, 0.3) is 0 Å². The molecule has 3 rings (SSSR count). The van der Waals surface area contributed by atoms with Gasteiger partial charge in [0.2, 0.25) is 5.91 Å². The predicted molar refractivity (Wildman–Crippen MR) is 67.1 cm³/mol. The van der Waals surface area contributed by atoms with Crippen LogP contribution in [0.4, 0.5) is 0 Å². The Hall–Kier alpha value is -0.610. The average Bonchev–Trinajstić information content (AvgIpc) is 2.82. The zero-order valence-electron chi connectivity index (χ0n) is 11.0. The highest BCUT2D eigenvalue weighted by Crippen LogP contribution is 2.71. The molecule has 1 saturated carbocycles. The summed E-state index contributed by atoms with van der Waals surface area (Å²) in [4.78, 5) is 14.8. The summed E-state index contributed by atoms with van der Waals surface area (Å²) in [5, 5.41) is 9.35. The number of rotatable bonds is 3. The van der Waals surface area contributed by atoms with Gasteiger partial charge in [-0.1, -0.05) is 0 Å². The van der Waals surface area contributed by atoms with Crippen LogP contribution in [0.25, 0.3) is 0 Å². The summed E-state index contributed by atoms with van der Waals surface area (Å²) in [5.74, 6) is 0.316. The van der Waals surface area contributed by atoms with Crippen molar-refractivity contribution in [1.29, 1.82) is 0 Å². The van der Waals surface area contributed by atoms with Crippen LogP contribution in [0, 0.1) is 10.8 Å². The van der Waals surface area contributed by atoms with Gasteiger partial charge in [0.15, 0.2) is 0 Å². The van der Waals surface area contributed by atoms with Gasteiger partial charge >= 0.3 is 0 Å². The summed E-state index contributed by atoms with van der Waals surface area (Å²) < 4.78 is 5.43. The number of carbonyl (C=O) groups excluding carboxylic acids is 1. The Morgan fingerprint density at radius 3 is 2.50 bits per heavy atom. The van der Waals surface area contributed by atoms with Crippen molar-refractivity contribution < 1.29 is 14.6 Å². The first-order chi connectivity index (χ1) is 8.74. The lowest BCUT2D eigenvalue weighted by Gasteiger charge is -2.31. The van der Waals surface area contributed by atoms with Crippen molar-refractivity contribution >= 4 is 5.91 Å². The van der Waals surface area contributed by atoms with Crippen molar-refractivity contribution in [3.63, 3.8) is 0 Å². The third kappa shape index (κ3) is 1.69. The summed E-state index contributed by atoms with van der Waals surface area (Å²) in [6.45, 7) is 3.51. The fraction of sp³-hybridized carbons (Fsp3) is 0.929. The Labute approximate surface area is 108 Å². The number of carbonyl (C=O) groups is 1. The molecule has 18 heavy (non-hydrogen) atoms. The molecule has 2 heterocycles. The minimum atomic E-state index is -0.254. The zero-order valence-corrected chi connectivity index (χ0v) is 11.0. The number of aliphatic hydroxyl groups excluding tert-OH is 1. The lowest BCUT2D eigenvalue weighted by Crippen LogP contribution is -2.40. The molecule has 0 aromatic rings. The molecule has 1 N–H and O–H groups in total. The van der Waals surface area contributed by atoms with Gasteiger partial charge in [-0.2, -0.15) is 0 Å². The zero-order chi connectivity index (χ0) is 12.6. The molecule has 4 heteroatoms. The molecule has 1 amide bonds. The van der Waals surface area contributed by atoms with Crippen LogP contribution in [-0.2, 0) is 9.53 Å². The van der Waals surface area contributed by atoms with Crippen LogP contribution in [-0.4, -0.2) is 48.8 Å². The Balaban J connectivity index is 1.78. The summed E-state index contributed by atoms with van der Waals surface area (Å²) in [6, 6.07) is 0. The van der Waals surface area contributed by atoms with E-state index in [1.165, 1.54) is 0 Å². The van der Waals surface area contributed by atoms with Crippen LogP contribution in [0.5, 0.6) is 0 Å². The molecule has 2 saturated heterocycles. The summed E-state index contributed by atoms with van der Waals surface area (Å²) in [7, 11) is 0. The largest absolute Gasteiger partial charge is 0.396 e. The SMILES string of the molecule is O=C(N1CCCC1)C1(CCO)CC12CCOCC2. The monoisotopic (exact) mass is 253 g/mol. The molecule has 0 aromatic heterocycles. The van der Waals surface area contributed by atoms with E-state index < -0.39 is 0 Å². The van der Waals surface area contributed by atoms with E-state index in [9.17, 15) is 9.90 Å². The fourth-order valence-corrected chi connectivity index (χ4v) is 4.13. The molecule has 3 fully saturated rings. The maximum atomic E-state index is 12.8. The predicted octanol–water partition coefficient (Wildman–Crippen LogP) is 1.18. The van der Waals surface area contributed by atoms with Gasteiger partial charge < -0.3 is 14.7 Å². The highest BCUT2D eigenvalue weighted by Gasteiger charge is 2.71. The Morgan fingerprint density at radius 2 is 1.89 bits per heavy atom. The van der Waals surface area contributed by atoms with Crippen molar-refractivity contribution in [2.24, 2.45) is 10.8 Å². The van der Waals surface area contributed by atoms with Crippen molar-refractivity contribution in [1.82, 2.24) is 4.90 Å². The second-order valence-electron chi connectivity index (χ2n) is 6.12. The number of aliphatic hydroxyl groups is 1. The molecule has 1 atom stereocenters. The maximum absolute atomic E-state index is 12.8. The quantitative estimate of drug-likeness (QED) is 0.821. The van der Waals surface area contributed by atoms with Gasteiger partial charge in [0.05, 0.1) is 5.41 Å². The van der Waals surface area contributed by atoms with Crippen LogP contribution in [0.1, 0.15) is 38.5 Å². The number of nitrogens with zero attached hydrogens (tertiary/aromatic N) is 1. The molecule has 0 bridgehead atoms. The highest BCUT2D eigenvalue weighted by atomic mass is 16.5. The molecule has 3 aliphatic rings. The molecular formula is C14H23NO3. The van der Waals surface area contributed by atoms with E-state index in [-0.39, 0.29) is 17.4 Å². The molecule has 4 nitrogen and oxygen atoms in total.